The first-order chi connectivity index (χ1) is 15.5. The van der Waals surface area contributed by atoms with Crippen molar-refractivity contribution in [3.05, 3.63) is 60.0 Å². The zero-order chi connectivity index (χ0) is 22.6. The van der Waals surface area contributed by atoms with E-state index in [1.54, 1.807) is 19.2 Å². The van der Waals surface area contributed by atoms with Crippen molar-refractivity contribution in [1.82, 2.24) is 19.8 Å². The monoisotopic (exact) mass is 458 g/mol. The van der Waals surface area contributed by atoms with Crippen molar-refractivity contribution in [2.45, 2.75) is 11.4 Å². The quantitative estimate of drug-likeness (QED) is 0.567. The SMILES string of the molecule is COc1cccc(CNC(=O)c2nnc(-c3ccc(S(=O)(=O)N4CCOCC4)cc3)o2)c1. The molecule has 0 unspecified atom stereocenters. The van der Waals surface area contributed by atoms with Gasteiger partial charge in [-0.2, -0.15) is 4.31 Å². The summed E-state index contributed by atoms with van der Waals surface area (Å²) in [5, 5.41) is 10.4. The van der Waals surface area contributed by atoms with E-state index in [2.05, 4.69) is 15.5 Å². The smallest absolute Gasteiger partial charge is 0.309 e. The molecule has 1 aromatic heterocycles. The molecule has 4 rings (SSSR count). The maximum absolute atomic E-state index is 12.7. The maximum atomic E-state index is 12.7. The molecular weight excluding hydrogens is 436 g/mol. The second-order valence-electron chi connectivity index (χ2n) is 6.99. The number of sulfonamides is 1. The highest BCUT2D eigenvalue weighted by Gasteiger charge is 2.26. The van der Waals surface area contributed by atoms with Gasteiger partial charge >= 0.3 is 11.8 Å². The van der Waals surface area contributed by atoms with Gasteiger partial charge in [-0.15, -0.1) is 10.2 Å². The molecule has 1 amide bonds. The van der Waals surface area contributed by atoms with Crippen LogP contribution < -0.4 is 10.1 Å². The third-order valence-corrected chi connectivity index (χ3v) is 6.83. The van der Waals surface area contributed by atoms with Gasteiger partial charge in [0.1, 0.15) is 5.75 Å². The number of methoxy groups -OCH3 is 1. The largest absolute Gasteiger partial charge is 0.497 e. The molecule has 1 aliphatic rings. The first-order valence-electron chi connectivity index (χ1n) is 9.90. The van der Waals surface area contributed by atoms with Crippen LogP contribution in [0.1, 0.15) is 16.2 Å². The molecule has 0 spiro atoms. The molecule has 3 aromatic rings. The molecule has 11 heteroatoms. The Morgan fingerprint density at radius 1 is 1.12 bits per heavy atom. The van der Waals surface area contributed by atoms with Crippen LogP contribution in [0.3, 0.4) is 0 Å². The van der Waals surface area contributed by atoms with E-state index < -0.39 is 15.9 Å². The lowest BCUT2D eigenvalue weighted by Crippen LogP contribution is -2.40. The van der Waals surface area contributed by atoms with Crippen LogP contribution in [0.5, 0.6) is 5.75 Å². The summed E-state index contributed by atoms with van der Waals surface area (Å²) in [6, 6.07) is 13.4. The number of carbonyl (C=O) groups excluding carboxylic acids is 1. The highest BCUT2D eigenvalue weighted by molar-refractivity contribution is 7.89. The minimum Gasteiger partial charge on any atom is -0.497 e. The summed E-state index contributed by atoms with van der Waals surface area (Å²) in [5.74, 6) is 0.105. The van der Waals surface area contributed by atoms with Gasteiger partial charge in [-0.1, -0.05) is 12.1 Å². The Balaban J connectivity index is 1.42. The fourth-order valence-electron chi connectivity index (χ4n) is 3.18. The highest BCUT2D eigenvalue weighted by Crippen LogP contribution is 2.23. The molecular formula is C21H22N4O6S. The first-order valence-corrected chi connectivity index (χ1v) is 11.3. The molecule has 0 atom stereocenters. The van der Waals surface area contributed by atoms with E-state index in [1.165, 1.54) is 16.4 Å². The van der Waals surface area contributed by atoms with Gasteiger partial charge in [0.05, 0.1) is 25.2 Å². The third-order valence-electron chi connectivity index (χ3n) is 4.92. The minimum atomic E-state index is -3.59. The topological polar surface area (TPSA) is 124 Å². The molecule has 2 aromatic carbocycles. The van der Waals surface area contributed by atoms with Crippen LogP contribution in [0, 0.1) is 0 Å². The summed E-state index contributed by atoms with van der Waals surface area (Å²) >= 11 is 0. The van der Waals surface area contributed by atoms with Crippen LogP contribution in [0.25, 0.3) is 11.5 Å². The average Bonchev–Trinajstić information content (AvgIpc) is 3.34. The molecule has 168 valence electrons. The maximum Gasteiger partial charge on any atom is 0.309 e. The lowest BCUT2D eigenvalue weighted by atomic mass is 10.2. The van der Waals surface area contributed by atoms with Crippen molar-refractivity contribution in [3.8, 4) is 17.2 Å². The van der Waals surface area contributed by atoms with Crippen LogP contribution >= 0.6 is 0 Å². The molecule has 0 radical (unpaired) electrons. The van der Waals surface area contributed by atoms with Crippen LogP contribution in [0.15, 0.2) is 57.8 Å². The van der Waals surface area contributed by atoms with E-state index in [-0.39, 0.29) is 23.2 Å². The van der Waals surface area contributed by atoms with Gasteiger partial charge in [-0.3, -0.25) is 4.79 Å². The van der Waals surface area contributed by atoms with Crippen molar-refractivity contribution in [1.29, 1.82) is 0 Å². The number of carbonyl (C=O) groups is 1. The van der Waals surface area contributed by atoms with Gasteiger partial charge in [0.2, 0.25) is 15.9 Å². The number of amides is 1. The predicted octanol–water partition coefficient (Wildman–Crippen LogP) is 1.70. The molecule has 1 aliphatic heterocycles. The molecule has 1 saturated heterocycles. The number of aromatic nitrogens is 2. The normalized spacial score (nSPS) is 14.8. The van der Waals surface area contributed by atoms with Crippen LogP contribution in [0.4, 0.5) is 0 Å². The van der Waals surface area contributed by atoms with E-state index in [9.17, 15) is 13.2 Å². The molecule has 0 aliphatic carbocycles. The lowest BCUT2D eigenvalue weighted by molar-refractivity contribution is 0.0730. The van der Waals surface area contributed by atoms with Gasteiger partial charge in [0.25, 0.3) is 0 Å². The molecule has 10 nitrogen and oxygen atoms in total. The number of morpholine rings is 1. The van der Waals surface area contributed by atoms with E-state index in [4.69, 9.17) is 13.9 Å². The van der Waals surface area contributed by atoms with E-state index >= 15 is 0 Å². The number of rotatable bonds is 7. The number of hydrogen-bond donors (Lipinski definition) is 1. The first kappa shape index (κ1) is 21.9. The summed E-state index contributed by atoms with van der Waals surface area (Å²) < 4.78 is 42.7. The fraction of sp³-hybridized carbons (Fsp3) is 0.286. The Hall–Kier alpha value is -3.28. The Morgan fingerprint density at radius 2 is 1.88 bits per heavy atom. The fourth-order valence-corrected chi connectivity index (χ4v) is 4.59. The average molecular weight is 458 g/mol. The Morgan fingerprint density at radius 3 is 2.59 bits per heavy atom. The second kappa shape index (κ2) is 9.47. The Kier molecular flexibility index (Phi) is 6.49. The standard InChI is InChI=1S/C21H22N4O6S/c1-29-17-4-2-3-15(13-17)14-22-19(26)21-24-23-20(31-21)16-5-7-18(8-6-16)32(27,28)25-9-11-30-12-10-25/h2-8,13H,9-12,14H2,1H3,(H,22,26). The summed E-state index contributed by atoms with van der Waals surface area (Å²) in [6.45, 7) is 1.66. The van der Waals surface area contributed by atoms with Gasteiger partial charge in [0, 0.05) is 25.2 Å². The van der Waals surface area contributed by atoms with Crippen molar-refractivity contribution < 1.29 is 27.1 Å². The number of hydrogen-bond acceptors (Lipinski definition) is 8. The van der Waals surface area contributed by atoms with Crippen molar-refractivity contribution in [2.75, 3.05) is 33.4 Å². The second-order valence-corrected chi connectivity index (χ2v) is 8.93. The van der Waals surface area contributed by atoms with Crippen LogP contribution in [0.2, 0.25) is 0 Å². The summed E-state index contributed by atoms with van der Waals surface area (Å²) in [5.41, 5.74) is 1.36. The minimum absolute atomic E-state index is 0.117. The van der Waals surface area contributed by atoms with E-state index in [0.717, 1.165) is 5.56 Å². The van der Waals surface area contributed by atoms with E-state index in [1.807, 2.05) is 24.3 Å². The van der Waals surface area contributed by atoms with E-state index in [0.29, 0.717) is 37.6 Å². The van der Waals surface area contributed by atoms with Gasteiger partial charge in [0.15, 0.2) is 0 Å². The van der Waals surface area contributed by atoms with Crippen molar-refractivity contribution in [3.63, 3.8) is 0 Å². The Bertz CT molecular complexity index is 1190. The zero-order valence-corrected chi connectivity index (χ0v) is 18.2. The Labute approximate surface area is 185 Å². The summed E-state index contributed by atoms with van der Waals surface area (Å²) in [6.07, 6.45) is 0. The molecule has 32 heavy (non-hydrogen) atoms. The van der Waals surface area contributed by atoms with Crippen LogP contribution in [-0.4, -0.2) is 62.2 Å². The molecule has 2 heterocycles. The predicted molar refractivity (Wildman–Crippen MR) is 113 cm³/mol. The van der Waals surface area contributed by atoms with Gasteiger partial charge in [-0.25, -0.2) is 8.42 Å². The zero-order valence-electron chi connectivity index (χ0n) is 17.4. The van der Waals surface area contributed by atoms with Crippen molar-refractivity contribution in [2.24, 2.45) is 0 Å². The highest BCUT2D eigenvalue weighted by atomic mass is 32.2. The summed E-state index contributed by atoms with van der Waals surface area (Å²) in [7, 11) is -2.02. The number of nitrogens with one attached hydrogen (secondary N) is 1. The molecule has 0 saturated carbocycles. The number of benzene rings is 2. The molecule has 1 N–H and O–H groups in total. The molecule has 0 bridgehead atoms. The summed E-state index contributed by atoms with van der Waals surface area (Å²) in [4.78, 5) is 12.5. The molecule has 1 fully saturated rings. The van der Waals surface area contributed by atoms with Crippen LogP contribution in [-0.2, 0) is 21.3 Å². The number of ether oxygens (including phenoxy) is 2. The van der Waals surface area contributed by atoms with Gasteiger partial charge in [-0.05, 0) is 42.0 Å². The van der Waals surface area contributed by atoms with Crippen molar-refractivity contribution >= 4 is 15.9 Å². The lowest BCUT2D eigenvalue weighted by Gasteiger charge is -2.26. The third kappa shape index (κ3) is 4.79. The van der Waals surface area contributed by atoms with Gasteiger partial charge < -0.3 is 19.2 Å². The number of nitrogens with zero attached hydrogens (tertiary/aromatic N) is 3.